The Morgan fingerprint density at radius 3 is 2.69 bits per heavy atom. The number of aromatic nitrogens is 1. The van der Waals surface area contributed by atoms with Crippen LogP contribution in [0.5, 0.6) is 0 Å². The highest BCUT2D eigenvalue weighted by Gasteiger charge is 2.13. The third-order valence-electron chi connectivity index (χ3n) is 4.84. The van der Waals surface area contributed by atoms with Crippen molar-refractivity contribution in [1.82, 2.24) is 10.3 Å². The molecule has 0 atom stereocenters. The zero-order valence-electron chi connectivity index (χ0n) is 14.6. The molecule has 4 rings (SSSR count). The summed E-state index contributed by atoms with van der Waals surface area (Å²) in [4.78, 5) is 19.7. The van der Waals surface area contributed by atoms with Gasteiger partial charge in [0.1, 0.15) is 5.82 Å². The average molecular weight is 346 g/mol. The lowest BCUT2D eigenvalue weighted by molar-refractivity contribution is 0.0993. The Morgan fingerprint density at radius 1 is 1.08 bits per heavy atom. The second-order valence-corrected chi connectivity index (χ2v) is 6.61. The molecule has 1 aromatic heterocycles. The quantitative estimate of drug-likeness (QED) is 0.561. The second-order valence-electron chi connectivity index (χ2n) is 6.61. The number of benzene rings is 2. The van der Waals surface area contributed by atoms with Crippen LogP contribution in [0, 0.1) is 0 Å². The van der Waals surface area contributed by atoms with E-state index in [-0.39, 0.29) is 5.78 Å². The number of Topliss-reactive ketones (excluding diaryl/α,β-unsaturated/α-hetero) is 1. The molecule has 0 radical (unpaired) electrons. The van der Waals surface area contributed by atoms with Gasteiger partial charge in [-0.1, -0.05) is 18.2 Å². The maximum absolute atomic E-state index is 12.6. The van der Waals surface area contributed by atoms with Crippen molar-refractivity contribution < 1.29 is 4.79 Å². The molecule has 2 aromatic carbocycles. The van der Waals surface area contributed by atoms with E-state index < -0.39 is 0 Å². The number of carbonyl (C=O) groups is 1. The standard InChI is InChI=1S/C21H22N4O/c22-18-4-2-1-3-15(18)14-20(26)17-5-7-19-16(13-17)6-8-21(24-19)25-11-9-23-10-12-25/h1-8,13,23H,9-12,14,22H2. The molecule has 1 saturated heterocycles. The van der Waals surface area contributed by atoms with Gasteiger partial charge in [-0.25, -0.2) is 4.98 Å². The number of nitrogens with zero attached hydrogens (tertiary/aromatic N) is 2. The molecule has 2 heterocycles. The van der Waals surface area contributed by atoms with E-state index in [1.807, 2.05) is 54.6 Å². The molecule has 0 saturated carbocycles. The molecule has 0 bridgehead atoms. The van der Waals surface area contributed by atoms with Crippen molar-refractivity contribution in [3.63, 3.8) is 0 Å². The van der Waals surface area contributed by atoms with Gasteiger partial charge in [-0.05, 0) is 42.0 Å². The highest BCUT2D eigenvalue weighted by molar-refractivity contribution is 6.01. The van der Waals surface area contributed by atoms with Crippen LogP contribution in [0.1, 0.15) is 15.9 Å². The predicted molar refractivity (Wildman–Crippen MR) is 106 cm³/mol. The molecular weight excluding hydrogens is 324 g/mol. The van der Waals surface area contributed by atoms with E-state index in [2.05, 4.69) is 10.2 Å². The van der Waals surface area contributed by atoms with Crippen LogP contribution in [-0.2, 0) is 6.42 Å². The summed E-state index contributed by atoms with van der Waals surface area (Å²) in [5, 5.41) is 4.33. The van der Waals surface area contributed by atoms with Crippen molar-refractivity contribution in [1.29, 1.82) is 0 Å². The largest absolute Gasteiger partial charge is 0.398 e. The number of nitrogen functional groups attached to an aromatic ring is 1. The molecule has 0 aliphatic carbocycles. The highest BCUT2D eigenvalue weighted by Crippen LogP contribution is 2.21. The maximum atomic E-state index is 12.6. The van der Waals surface area contributed by atoms with Crippen molar-refractivity contribution >= 4 is 28.2 Å². The van der Waals surface area contributed by atoms with Crippen LogP contribution in [0.4, 0.5) is 11.5 Å². The Kier molecular flexibility index (Phi) is 4.54. The summed E-state index contributed by atoms with van der Waals surface area (Å²) >= 11 is 0. The number of nitrogens with one attached hydrogen (secondary N) is 1. The van der Waals surface area contributed by atoms with Crippen LogP contribution in [0.25, 0.3) is 10.9 Å². The summed E-state index contributed by atoms with van der Waals surface area (Å²) in [6.45, 7) is 3.90. The van der Waals surface area contributed by atoms with E-state index in [1.54, 1.807) is 0 Å². The minimum Gasteiger partial charge on any atom is -0.398 e. The number of para-hydroxylation sites is 1. The van der Waals surface area contributed by atoms with Gasteiger partial charge in [-0.3, -0.25) is 4.79 Å². The van der Waals surface area contributed by atoms with Gasteiger partial charge in [-0.2, -0.15) is 0 Å². The van der Waals surface area contributed by atoms with Crippen LogP contribution in [0.2, 0.25) is 0 Å². The summed E-state index contributed by atoms with van der Waals surface area (Å²) < 4.78 is 0. The van der Waals surface area contributed by atoms with Crippen molar-refractivity contribution in [2.45, 2.75) is 6.42 Å². The average Bonchev–Trinajstić information content (AvgIpc) is 2.69. The van der Waals surface area contributed by atoms with E-state index in [9.17, 15) is 4.79 Å². The fraction of sp³-hybridized carbons (Fsp3) is 0.238. The topological polar surface area (TPSA) is 71.2 Å². The van der Waals surface area contributed by atoms with Gasteiger partial charge in [0.05, 0.1) is 5.52 Å². The number of hydrogen-bond donors (Lipinski definition) is 2. The molecule has 0 spiro atoms. The Morgan fingerprint density at radius 2 is 1.88 bits per heavy atom. The van der Waals surface area contributed by atoms with E-state index in [0.717, 1.165) is 48.5 Å². The third kappa shape index (κ3) is 3.39. The monoisotopic (exact) mass is 346 g/mol. The van der Waals surface area contributed by atoms with Crippen molar-refractivity contribution in [2.24, 2.45) is 0 Å². The zero-order valence-corrected chi connectivity index (χ0v) is 14.6. The first-order chi connectivity index (χ1) is 12.7. The Bertz CT molecular complexity index is 948. The first kappa shape index (κ1) is 16.5. The molecule has 5 heteroatoms. The lowest BCUT2D eigenvalue weighted by atomic mass is 10.0. The van der Waals surface area contributed by atoms with Gasteiger partial charge in [0, 0.05) is 49.2 Å². The molecule has 1 fully saturated rings. The number of rotatable bonds is 4. The molecular formula is C21H22N4O. The fourth-order valence-electron chi connectivity index (χ4n) is 3.33. The lowest BCUT2D eigenvalue weighted by Crippen LogP contribution is -2.43. The minimum atomic E-state index is 0.0657. The molecule has 0 unspecified atom stereocenters. The molecule has 1 aliphatic rings. The fourth-order valence-corrected chi connectivity index (χ4v) is 3.33. The molecule has 0 amide bonds. The number of piperazine rings is 1. The summed E-state index contributed by atoms with van der Waals surface area (Å²) in [6.07, 6.45) is 0.310. The molecule has 3 N–H and O–H groups in total. The Balaban J connectivity index is 1.57. The van der Waals surface area contributed by atoms with Crippen molar-refractivity contribution in [3.05, 3.63) is 65.7 Å². The third-order valence-corrected chi connectivity index (χ3v) is 4.84. The van der Waals surface area contributed by atoms with Gasteiger partial charge >= 0.3 is 0 Å². The summed E-state index contributed by atoms with van der Waals surface area (Å²) in [6, 6.07) is 17.3. The smallest absolute Gasteiger partial charge is 0.167 e. The van der Waals surface area contributed by atoms with Gasteiger partial charge in [-0.15, -0.1) is 0 Å². The number of anilines is 2. The maximum Gasteiger partial charge on any atom is 0.167 e. The Hall–Kier alpha value is -2.92. The molecule has 132 valence electrons. The van der Waals surface area contributed by atoms with Crippen LogP contribution in [0.15, 0.2) is 54.6 Å². The number of pyridine rings is 1. The van der Waals surface area contributed by atoms with Gasteiger partial charge in [0.2, 0.25) is 0 Å². The number of nitrogens with two attached hydrogens (primary N) is 1. The normalized spacial score (nSPS) is 14.5. The van der Waals surface area contributed by atoms with Gasteiger partial charge in [0.15, 0.2) is 5.78 Å². The van der Waals surface area contributed by atoms with Crippen molar-refractivity contribution in [2.75, 3.05) is 36.8 Å². The van der Waals surface area contributed by atoms with Crippen LogP contribution < -0.4 is 16.0 Å². The van der Waals surface area contributed by atoms with E-state index in [0.29, 0.717) is 17.7 Å². The summed E-state index contributed by atoms with van der Waals surface area (Å²) in [5.74, 6) is 1.06. The minimum absolute atomic E-state index is 0.0657. The number of fused-ring (bicyclic) bond motifs is 1. The highest BCUT2D eigenvalue weighted by atomic mass is 16.1. The predicted octanol–water partition coefficient (Wildman–Crippen LogP) is 2.65. The van der Waals surface area contributed by atoms with Crippen LogP contribution >= 0.6 is 0 Å². The first-order valence-corrected chi connectivity index (χ1v) is 8.94. The number of ketones is 1. The molecule has 26 heavy (non-hydrogen) atoms. The number of hydrogen-bond acceptors (Lipinski definition) is 5. The zero-order chi connectivity index (χ0) is 17.9. The Labute approximate surface area is 152 Å². The van der Waals surface area contributed by atoms with Gasteiger partial charge < -0.3 is 16.0 Å². The molecule has 1 aliphatic heterocycles. The van der Waals surface area contributed by atoms with Crippen LogP contribution in [-0.4, -0.2) is 36.9 Å². The number of carbonyl (C=O) groups excluding carboxylic acids is 1. The van der Waals surface area contributed by atoms with E-state index in [4.69, 9.17) is 10.7 Å². The summed E-state index contributed by atoms with van der Waals surface area (Å²) in [5.41, 5.74) is 9.08. The lowest BCUT2D eigenvalue weighted by Gasteiger charge is -2.28. The van der Waals surface area contributed by atoms with Gasteiger partial charge in [0.25, 0.3) is 0 Å². The SMILES string of the molecule is Nc1ccccc1CC(=O)c1ccc2nc(N3CCNCC3)ccc2c1. The van der Waals surface area contributed by atoms with E-state index in [1.165, 1.54) is 0 Å². The van der Waals surface area contributed by atoms with Crippen molar-refractivity contribution in [3.8, 4) is 0 Å². The second kappa shape index (κ2) is 7.14. The van der Waals surface area contributed by atoms with Crippen LogP contribution in [0.3, 0.4) is 0 Å². The van der Waals surface area contributed by atoms with E-state index >= 15 is 0 Å². The molecule has 3 aromatic rings. The first-order valence-electron chi connectivity index (χ1n) is 8.94. The summed E-state index contributed by atoms with van der Waals surface area (Å²) in [7, 11) is 0. The molecule has 5 nitrogen and oxygen atoms in total.